The zero-order valence-electron chi connectivity index (χ0n) is 19.7. The predicted octanol–water partition coefficient (Wildman–Crippen LogP) is 0.814. The van der Waals surface area contributed by atoms with Crippen LogP contribution in [0.25, 0.3) is 0 Å². The lowest BCUT2D eigenvalue weighted by molar-refractivity contribution is -0.122. The predicted molar refractivity (Wildman–Crippen MR) is 129 cm³/mol. The van der Waals surface area contributed by atoms with Gasteiger partial charge in [0.25, 0.3) is 11.8 Å². The van der Waals surface area contributed by atoms with E-state index in [2.05, 4.69) is 38.2 Å². The minimum absolute atomic E-state index is 0.0803. The normalized spacial score (nSPS) is 22.2. The third-order valence-electron chi connectivity index (χ3n) is 6.34. The highest BCUT2D eigenvalue weighted by Crippen LogP contribution is 2.30. The summed E-state index contributed by atoms with van der Waals surface area (Å²) in [5.74, 6) is 5.74. The SMILES string of the molecule is COc1ccc2c(c1)C(=O)N(CC1(C#Cc3ccc4c(c3)NNC4CN(C)C)NC(=O)NC1=O)C2. The molecule has 0 aromatic heterocycles. The minimum atomic E-state index is -1.56. The van der Waals surface area contributed by atoms with Crippen molar-refractivity contribution >= 4 is 23.5 Å². The molecule has 2 atom stereocenters. The standard InChI is InChI=1S/C25H26N6O4/c1-30(2)13-21-18-7-4-15(10-20(18)28-29-21)8-9-25(23(33)26-24(34)27-25)14-31-12-16-5-6-17(35-3)11-19(16)22(31)32/h4-7,10-11,21,28-29H,12-14H2,1-3H3,(H2,26,27,33,34). The summed E-state index contributed by atoms with van der Waals surface area (Å²) in [4.78, 5) is 41.6. The average Bonchev–Trinajstić information content (AvgIpc) is 3.45. The Morgan fingerprint density at radius 2 is 2.00 bits per heavy atom. The van der Waals surface area contributed by atoms with Gasteiger partial charge >= 0.3 is 6.03 Å². The number of hydrogen-bond donors (Lipinski definition) is 4. The first-order valence-corrected chi connectivity index (χ1v) is 11.2. The zero-order chi connectivity index (χ0) is 24.7. The van der Waals surface area contributed by atoms with Crippen LogP contribution in [0.15, 0.2) is 36.4 Å². The molecular formula is C25H26N6O4. The van der Waals surface area contributed by atoms with E-state index in [0.29, 0.717) is 23.4 Å². The van der Waals surface area contributed by atoms with Crippen LogP contribution < -0.4 is 26.2 Å². The second-order valence-corrected chi connectivity index (χ2v) is 9.13. The van der Waals surface area contributed by atoms with Crippen LogP contribution in [0.4, 0.5) is 10.5 Å². The molecule has 10 nitrogen and oxygen atoms in total. The number of carbonyl (C=O) groups excluding carboxylic acids is 3. The summed E-state index contributed by atoms with van der Waals surface area (Å²) >= 11 is 0. The molecule has 2 aromatic rings. The summed E-state index contributed by atoms with van der Waals surface area (Å²) in [5.41, 5.74) is 8.93. The van der Waals surface area contributed by atoms with Crippen molar-refractivity contribution in [3.05, 3.63) is 58.7 Å². The van der Waals surface area contributed by atoms with Gasteiger partial charge in [-0.3, -0.25) is 14.9 Å². The maximum Gasteiger partial charge on any atom is 0.323 e. The third kappa shape index (κ3) is 4.16. The van der Waals surface area contributed by atoms with Crippen molar-refractivity contribution in [1.29, 1.82) is 0 Å². The number of rotatable bonds is 5. The molecule has 1 fully saturated rings. The van der Waals surface area contributed by atoms with Crippen LogP contribution in [0.5, 0.6) is 5.75 Å². The first kappa shape index (κ1) is 22.7. The summed E-state index contributed by atoms with van der Waals surface area (Å²) in [6.45, 7) is 1.06. The van der Waals surface area contributed by atoms with E-state index in [0.717, 1.165) is 23.4 Å². The molecule has 5 rings (SSSR count). The van der Waals surface area contributed by atoms with E-state index >= 15 is 0 Å². The van der Waals surface area contributed by atoms with E-state index in [1.54, 1.807) is 12.1 Å². The number of benzene rings is 2. The van der Waals surface area contributed by atoms with Gasteiger partial charge in [-0.25, -0.2) is 10.2 Å². The summed E-state index contributed by atoms with van der Waals surface area (Å²) < 4.78 is 5.23. The number of nitrogens with one attached hydrogen (secondary N) is 4. The minimum Gasteiger partial charge on any atom is -0.497 e. The molecule has 10 heteroatoms. The van der Waals surface area contributed by atoms with Crippen LogP contribution in [0.3, 0.4) is 0 Å². The van der Waals surface area contributed by atoms with Gasteiger partial charge in [0.05, 0.1) is 25.4 Å². The number of amides is 4. The van der Waals surface area contributed by atoms with Crippen molar-refractivity contribution in [1.82, 2.24) is 25.9 Å². The van der Waals surface area contributed by atoms with Gasteiger partial charge in [-0.1, -0.05) is 24.0 Å². The number of urea groups is 1. The van der Waals surface area contributed by atoms with Crippen LogP contribution in [0.2, 0.25) is 0 Å². The fourth-order valence-corrected chi connectivity index (χ4v) is 4.59. The van der Waals surface area contributed by atoms with E-state index < -0.39 is 17.5 Å². The Balaban J connectivity index is 1.41. The number of hydrazine groups is 1. The molecule has 4 N–H and O–H groups in total. The second-order valence-electron chi connectivity index (χ2n) is 9.13. The lowest BCUT2D eigenvalue weighted by Crippen LogP contribution is -2.54. The van der Waals surface area contributed by atoms with Crippen molar-refractivity contribution in [3.8, 4) is 17.6 Å². The first-order chi connectivity index (χ1) is 16.8. The van der Waals surface area contributed by atoms with E-state index in [1.807, 2.05) is 38.4 Å². The number of nitrogens with zero attached hydrogens (tertiary/aromatic N) is 2. The number of anilines is 1. The number of methoxy groups -OCH3 is 1. The van der Waals surface area contributed by atoms with Gasteiger partial charge in [0.1, 0.15) is 5.75 Å². The van der Waals surface area contributed by atoms with Gasteiger partial charge in [-0.15, -0.1) is 0 Å². The molecule has 0 radical (unpaired) electrons. The molecule has 2 aromatic carbocycles. The molecule has 180 valence electrons. The fourth-order valence-electron chi connectivity index (χ4n) is 4.59. The molecule has 0 saturated carbocycles. The Hall–Kier alpha value is -4.07. The van der Waals surface area contributed by atoms with E-state index in [9.17, 15) is 14.4 Å². The Bertz CT molecular complexity index is 1300. The number of hydrogen-bond acceptors (Lipinski definition) is 7. The number of carbonyl (C=O) groups is 3. The quantitative estimate of drug-likeness (QED) is 0.375. The van der Waals surface area contributed by atoms with Gasteiger partial charge < -0.3 is 25.3 Å². The largest absolute Gasteiger partial charge is 0.497 e. The zero-order valence-corrected chi connectivity index (χ0v) is 19.7. The molecule has 2 unspecified atom stereocenters. The lowest BCUT2D eigenvalue weighted by atomic mass is 9.98. The smallest absolute Gasteiger partial charge is 0.323 e. The number of imide groups is 1. The van der Waals surface area contributed by atoms with Gasteiger partial charge in [-0.05, 0) is 49.5 Å². The molecule has 4 amide bonds. The van der Waals surface area contributed by atoms with E-state index in [4.69, 9.17) is 4.74 Å². The monoisotopic (exact) mass is 474 g/mol. The van der Waals surface area contributed by atoms with Crippen molar-refractivity contribution in [2.75, 3.05) is 39.7 Å². The lowest BCUT2D eigenvalue weighted by Gasteiger charge is -2.26. The average molecular weight is 475 g/mol. The fraction of sp³-hybridized carbons (Fsp3) is 0.320. The van der Waals surface area contributed by atoms with Gasteiger partial charge in [0, 0.05) is 24.2 Å². The Morgan fingerprint density at radius 3 is 2.71 bits per heavy atom. The summed E-state index contributed by atoms with van der Waals surface area (Å²) in [5, 5.41) is 4.90. The van der Waals surface area contributed by atoms with E-state index in [-0.39, 0.29) is 18.5 Å². The van der Waals surface area contributed by atoms with Crippen molar-refractivity contribution in [2.24, 2.45) is 0 Å². The van der Waals surface area contributed by atoms with Gasteiger partial charge in [0.15, 0.2) is 0 Å². The van der Waals surface area contributed by atoms with Crippen molar-refractivity contribution in [3.63, 3.8) is 0 Å². The summed E-state index contributed by atoms with van der Waals surface area (Å²) in [6.07, 6.45) is 0. The van der Waals surface area contributed by atoms with Crippen LogP contribution in [-0.2, 0) is 11.3 Å². The molecule has 3 heterocycles. The molecule has 3 aliphatic heterocycles. The number of ether oxygens (including phenoxy) is 1. The molecule has 1 saturated heterocycles. The summed E-state index contributed by atoms with van der Waals surface area (Å²) in [7, 11) is 5.56. The maximum atomic E-state index is 13.1. The van der Waals surface area contributed by atoms with Crippen LogP contribution in [-0.4, -0.2) is 67.5 Å². The second kappa shape index (κ2) is 8.61. The Labute approximate surface area is 203 Å². The van der Waals surface area contributed by atoms with Crippen molar-refractivity contribution < 1.29 is 19.1 Å². The van der Waals surface area contributed by atoms with Crippen LogP contribution >= 0.6 is 0 Å². The Morgan fingerprint density at radius 1 is 1.17 bits per heavy atom. The third-order valence-corrected chi connectivity index (χ3v) is 6.34. The highest BCUT2D eigenvalue weighted by atomic mass is 16.5. The number of likely N-dealkylation sites (N-methyl/N-ethyl adjacent to an activating group) is 1. The van der Waals surface area contributed by atoms with Gasteiger partial charge in [-0.2, -0.15) is 0 Å². The Kier molecular flexibility index (Phi) is 5.59. The topological polar surface area (TPSA) is 115 Å². The molecule has 3 aliphatic rings. The summed E-state index contributed by atoms with van der Waals surface area (Å²) in [6, 6.07) is 10.6. The van der Waals surface area contributed by atoms with Crippen LogP contribution in [0.1, 0.15) is 33.1 Å². The molecular weight excluding hydrogens is 448 g/mol. The molecule has 0 spiro atoms. The van der Waals surface area contributed by atoms with E-state index in [1.165, 1.54) is 12.0 Å². The number of fused-ring (bicyclic) bond motifs is 2. The highest BCUT2D eigenvalue weighted by molar-refractivity contribution is 6.10. The van der Waals surface area contributed by atoms with Crippen LogP contribution in [0, 0.1) is 11.8 Å². The highest BCUT2D eigenvalue weighted by Gasteiger charge is 2.48. The molecule has 35 heavy (non-hydrogen) atoms. The van der Waals surface area contributed by atoms with Gasteiger partial charge in [0.2, 0.25) is 5.54 Å². The van der Waals surface area contributed by atoms with Crippen molar-refractivity contribution in [2.45, 2.75) is 18.1 Å². The maximum absolute atomic E-state index is 13.1. The first-order valence-electron chi connectivity index (χ1n) is 11.2. The molecule has 0 bridgehead atoms. The molecule has 0 aliphatic carbocycles.